The lowest BCUT2D eigenvalue weighted by atomic mass is 10.0. The maximum absolute atomic E-state index is 12.8. The Kier molecular flexibility index (Phi) is 48.9. The van der Waals surface area contributed by atoms with Gasteiger partial charge in [-0.2, -0.15) is 0 Å². The summed E-state index contributed by atoms with van der Waals surface area (Å²) in [4.78, 5) is 38.0. The van der Waals surface area contributed by atoms with Gasteiger partial charge in [-0.3, -0.25) is 14.4 Å². The first-order valence-corrected chi connectivity index (χ1v) is 26.5. The van der Waals surface area contributed by atoms with Gasteiger partial charge in [0.05, 0.1) is 0 Å². The first-order chi connectivity index (χ1) is 31.0. The highest BCUT2D eigenvalue weighted by Crippen LogP contribution is 2.16. The van der Waals surface area contributed by atoms with Crippen LogP contribution in [0.4, 0.5) is 0 Å². The van der Waals surface area contributed by atoms with Crippen LogP contribution < -0.4 is 0 Å². The lowest BCUT2D eigenvalue weighted by Crippen LogP contribution is -2.30. The molecule has 0 saturated heterocycles. The maximum Gasteiger partial charge on any atom is 0.306 e. The Hall–Kier alpha value is -3.15. The van der Waals surface area contributed by atoms with Crippen LogP contribution >= 0.6 is 0 Å². The highest BCUT2D eigenvalue weighted by molar-refractivity contribution is 5.71. The highest BCUT2D eigenvalue weighted by atomic mass is 16.6. The Labute approximate surface area is 389 Å². The predicted molar refractivity (Wildman–Crippen MR) is 270 cm³/mol. The summed E-state index contributed by atoms with van der Waals surface area (Å²) in [6.07, 6.45) is 64.6. The minimum absolute atomic E-state index is 0.0897. The van der Waals surface area contributed by atoms with Crippen LogP contribution in [0.2, 0.25) is 0 Å². The molecule has 0 spiro atoms. The first-order valence-electron chi connectivity index (χ1n) is 26.5. The van der Waals surface area contributed by atoms with E-state index in [-0.39, 0.29) is 31.1 Å². The van der Waals surface area contributed by atoms with Gasteiger partial charge in [-0.1, -0.05) is 235 Å². The van der Waals surface area contributed by atoms with Gasteiger partial charge in [-0.15, -0.1) is 0 Å². The van der Waals surface area contributed by atoms with Gasteiger partial charge in [0.2, 0.25) is 0 Å². The standard InChI is InChI=1S/C57H98O6/c1-4-7-10-13-16-19-22-25-27-28-29-30-33-35-38-41-44-47-50-56(59)62-53-54(52-61-55(58)49-46-43-40-37-34-31-24-21-18-15-12-9-6-3)63-57(60)51-48-45-42-39-36-32-26-23-20-17-14-11-8-5-2/h8-9,11-12,15,17-18,20-21,24,26,32,54H,4-7,10,13-14,16,19,22-23,25,27-31,33-53H2,1-3H3/b11-8+,12-9+,18-15+,20-17+,24-21+,32-26+. The number of esters is 3. The average Bonchev–Trinajstić information content (AvgIpc) is 3.28. The second-order valence-corrected chi connectivity index (χ2v) is 17.4. The molecule has 0 aromatic carbocycles. The van der Waals surface area contributed by atoms with Gasteiger partial charge < -0.3 is 14.2 Å². The Morgan fingerprint density at radius 2 is 0.698 bits per heavy atom. The lowest BCUT2D eigenvalue weighted by molar-refractivity contribution is -0.167. The van der Waals surface area contributed by atoms with Crippen molar-refractivity contribution in [1.29, 1.82) is 0 Å². The van der Waals surface area contributed by atoms with Gasteiger partial charge in [0.1, 0.15) is 13.2 Å². The second kappa shape index (κ2) is 51.5. The molecule has 0 saturated carbocycles. The third-order valence-electron chi connectivity index (χ3n) is 11.3. The van der Waals surface area contributed by atoms with Gasteiger partial charge in [-0.05, 0) is 70.6 Å². The zero-order valence-electron chi connectivity index (χ0n) is 41.3. The number of allylic oxidation sites excluding steroid dienone is 12. The summed E-state index contributed by atoms with van der Waals surface area (Å²) in [6.45, 7) is 6.37. The van der Waals surface area contributed by atoms with E-state index in [1.54, 1.807) is 0 Å². The van der Waals surface area contributed by atoms with E-state index in [4.69, 9.17) is 14.2 Å². The Morgan fingerprint density at radius 1 is 0.349 bits per heavy atom. The van der Waals surface area contributed by atoms with Crippen molar-refractivity contribution < 1.29 is 28.6 Å². The van der Waals surface area contributed by atoms with Crippen LogP contribution in [0.5, 0.6) is 0 Å². The summed E-state index contributed by atoms with van der Waals surface area (Å²) < 4.78 is 16.8. The molecule has 6 nitrogen and oxygen atoms in total. The van der Waals surface area contributed by atoms with Gasteiger partial charge in [-0.25, -0.2) is 0 Å². The van der Waals surface area contributed by atoms with Crippen LogP contribution in [0.1, 0.15) is 252 Å². The van der Waals surface area contributed by atoms with Gasteiger partial charge in [0.15, 0.2) is 6.10 Å². The third kappa shape index (κ3) is 49.7. The number of hydrogen-bond donors (Lipinski definition) is 0. The van der Waals surface area contributed by atoms with Crippen LogP contribution in [-0.4, -0.2) is 37.2 Å². The Morgan fingerprint density at radius 3 is 1.14 bits per heavy atom. The summed E-state index contributed by atoms with van der Waals surface area (Å²) in [5.74, 6) is -0.929. The SMILES string of the molecule is CC/C=C/C=C/C=C/CCCCCCCC(=O)OCC(COC(=O)CCCCCCCCCCCCCCCCCCCC)OC(=O)CCCCCC/C=C/C/C=C/C/C=C/CC. The zero-order valence-corrected chi connectivity index (χ0v) is 41.3. The zero-order chi connectivity index (χ0) is 45.8. The molecule has 0 bridgehead atoms. The molecule has 0 radical (unpaired) electrons. The molecule has 63 heavy (non-hydrogen) atoms. The van der Waals surface area contributed by atoms with E-state index >= 15 is 0 Å². The predicted octanol–water partition coefficient (Wildman–Crippen LogP) is 17.4. The van der Waals surface area contributed by atoms with Crippen molar-refractivity contribution in [3.8, 4) is 0 Å². The van der Waals surface area contributed by atoms with Crippen molar-refractivity contribution in [1.82, 2.24) is 0 Å². The molecule has 0 aliphatic heterocycles. The molecule has 1 atom stereocenters. The summed E-state index contributed by atoms with van der Waals surface area (Å²) in [5.41, 5.74) is 0. The van der Waals surface area contributed by atoms with Crippen LogP contribution in [0.15, 0.2) is 72.9 Å². The molecule has 0 aliphatic carbocycles. The first kappa shape index (κ1) is 59.9. The van der Waals surface area contributed by atoms with Crippen LogP contribution in [0, 0.1) is 0 Å². The number of carbonyl (C=O) groups is 3. The summed E-state index contributed by atoms with van der Waals surface area (Å²) >= 11 is 0. The van der Waals surface area contributed by atoms with Crippen molar-refractivity contribution in [3.05, 3.63) is 72.9 Å². The van der Waals surface area contributed by atoms with E-state index in [9.17, 15) is 14.4 Å². The highest BCUT2D eigenvalue weighted by Gasteiger charge is 2.19. The number of hydrogen-bond acceptors (Lipinski definition) is 6. The largest absolute Gasteiger partial charge is 0.462 e. The number of unbranched alkanes of at least 4 members (excludes halogenated alkanes) is 26. The fourth-order valence-corrected chi connectivity index (χ4v) is 7.34. The van der Waals surface area contributed by atoms with Crippen LogP contribution in [-0.2, 0) is 28.6 Å². The minimum atomic E-state index is -0.793. The maximum atomic E-state index is 12.8. The van der Waals surface area contributed by atoms with Crippen molar-refractivity contribution in [2.45, 2.75) is 258 Å². The number of rotatable bonds is 47. The van der Waals surface area contributed by atoms with Gasteiger partial charge in [0.25, 0.3) is 0 Å². The molecule has 0 heterocycles. The van der Waals surface area contributed by atoms with Crippen molar-refractivity contribution in [2.75, 3.05) is 13.2 Å². The Bertz CT molecular complexity index is 1190. The third-order valence-corrected chi connectivity index (χ3v) is 11.3. The lowest BCUT2D eigenvalue weighted by Gasteiger charge is -2.18. The summed E-state index contributed by atoms with van der Waals surface area (Å²) in [5, 5.41) is 0. The quantitative estimate of drug-likeness (QED) is 0.0199. The summed E-state index contributed by atoms with van der Waals surface area (Å²) in [7, 11) is 0. The molecule has 0 aromatic heterocycles. The number of carbonyl (C=O) groups excluding carboxylic acids is 3. The van der Waals surface area contributed by atoms with Crippen molar-refractivity contribution in [2.24, 2.45) is 0 Å². The molecule has 0 rings (SSSR count). The minimum Gasteiger partial charge on any atom is -0.462 e. The molecule has 6 heteroatoms. The second-order valence-electron chi connectivity index (χ2n) is 17.4. The van der Waals surface area contributed by atoms with E-state index in [0.717, 1.165) is 116 Å². The smallest absolute Gasteiger partial charge is 0.306 e. The molecule has 1 unspecified atom stereocenters. The monoisotopic (exact) mass is 879 g/mol. The Balaban J connectivity index is 4.39. The molecule has 362 valence electrons. The topological polar surface area (TPSA) is 78.9 Å². The van der Waals surface area contributed by atoms with E-state index in [1.807, 2.05) is 0 Å². The van der Waals surface area contributed by atoms with Crippen molar-refractivity contribution >= 4 is 17.9 Å². The molecule has 0 N–H and O–H groups in total. The van der Waals surface area contributed by atoms with E-state index in [0.29, 0.717) is 19.3 Å². The fraction of sp³-hybridized carbons (Fsp3) is 0.737. The van der Waals surface area contributed by atoms with Gasteiger partial charge in [0, 0.05) is 19.3 Å². The fourth-order valence-electron chi connectivity index (χ4n) is 7.34. The van der Waals surface area contributed by atoms with E-state index in [2.05, 4.69) is 93.7 Å². The normalized spacial score (nSPS) is 12.6. The molecule has 0 fully saturated rings. The molecular formula is C57H98O6. The van der Waals surface area contributed by atoms with Crippen LogP contribution in [0.25, 0.3) is 0 Å². The van der Waals surface area contributed by atoms with Crippen LogP contribution in [0.3, 0.4) is 0 Å². The molecule has 0 aromatic rings. The van der Waals surface area contributed by atoms with E-state index < -0.39 is 6.10 Å². The van der Waals surface area contributed by atoms with Gasteiger partial charge >= 0.3 is 17.9 Å². The molecule has 0 aliphatic rings. The van der Waals surface area contributed by atoms with Crippen molar-refractivity contribution in [3.63, 3.8) is 0 Å². The molecule has 0 amide bonds. The average molecular weight is 879 g/mol. The molecular weight excluding hydrogens is 781 g/mol. The van der Waals surface area contributed by atoms with E-state index in [1.165, 1.54) is 96.3 Å². The summed E-state index contributed by atoms with van der Waals surface area (Å²) in [6, 6.07) is 0. The number of ether oxygens (including phenoxy) is 3.